The number of aromatic nitrogens is 2. The number of carbonyl (C=O) groups excluding carboxylic acids is 2. The van der Waals surface area contributed by atoms with Gasteiger partial charge in [0.2, 0.25) is 0 Å². The van der Waals surface area contributed by atoms with Crippen molar-refractivity contribution < 1.29 is 19.4 Å². The van der Waals surface area contributed by atoms with E-state index in [-0.39, 0.29) is 17.9 Å². The molecular formula is C24H21N3O4. The molecule has 1 saturated heterocycles. The van der Waals surface area contributed by atoms with Crippen molar-refractivity contribution in [2.45, 2.75) is 19.5 Å². The van der Waals surface area contributed by atoms with Crippen LogP contribution in [-0.4, -0.2) is 38.3 Å². The molecule has 1 amide bonds. The molecule has 3 aromatic rings. The predicted octanol–water partition coefficient (Wildman–Crippen LogP) is 3.50. The molecule has 4 rings (SSSR count). The summed E-state index contributed by atoms with van der Waals surface area (Å²) in [5.74, 6) is -1.10. The van der Waals surface area contributed by atoms with Crippen LogP contribution in [0.2, 0.25) is 0 Å². The average Bonchev–Trinajstić information content (AvgIpc) is 3.05. The van der Waals surface area contributed by atoms with Gasteiger partial charge in [-0.1, -0.05) is 24.3 Å². The fourth-order valence-corrected chi connectivity index (χ4v) is 3.67. The van der Waals surface area contributed by atoms with Gasteiger partial charge < -0.3 is 14.7 Å². The molecule has 156 valence electrons. The van der Waals surface area contributed by atoms with Gasteiger partial charge in [-0.05, 0) is 42.3 Å². The molecular weight excluding hydrogens is 394 g/mol. The minimum absolute atomic E-state index is 0.0236. The van der Waals surface area contributed by atoms with E-state index in [1.165, 1.54) is 4.90 Å². The van der Waals surface area contributed by atoms with Gasteiger partial charge in [0.05, 0.1) is 18.2 Å². The summed E-state index contributed by atoms with van der Waals surface area (Å²) in [4.78, 5) is 35.7. The second-order valence-electron chi connectivity index (χ2n) is 7.04. The number of aliphatic hydroxyl groups excluding tert-OH is 1. The lowest BCUT2D eigenvalue weighted by Gasteiger charge is -2.25. The Hall–Kier alpha value is -4.00. The summed E-state index contributed by atoms with van der Waals surface area (Å²) in [5.41, 5.74) is 1.83. The smallest absolute Gasteiger partial charge is 0.295 e. The van der Waals surface area contributed by atoms with Gasteiger partial charge in [0.1, 0.15) is 11.5 Å². The zero-order valence-corrected chi connectivity index (χ0v) is 16.9. The van der Waals surface area contributed by atoms with E-state index in [1.54, 1.807) is 67.3 Å². The second-order valence-corrected chi connectivity index (χ2v) is 7.04. The summed E-state index contributed by atoms with van der Waals surface area (Å²) in [6.45, 7) is 2.50. The van der Waals surface area contributed by atoms with Crippen molar-refractivity contribution in [3.8, 4) is 5.75 Å². The van der Waals surface area contributed by atoms with Crippen LogP contribution in [-0.2, 0) is 16.1 Å². The summed E-state index contributed by atoms with van der Waals surface area (Å²) in [6.07, 6.45) is 6.49. The van der Waals surface area contributed by atoms with Gasteiger partial charge >= 0.3 is 0 Å². The lowest BCUT2D eigenvalue weighted by molar-refractivity contribution is -0.140. The number of amides is 1. The van der Waals surface area contributed by atoms with Crippen LogP contribution < -0.4 is 4.74 Å². The third kappa shape index (κ3) is 4.02. The molecule has 7 heteroatoms. The maximum Gasteiger partial charge on any atom is 0.295 e. The SMILES string of the molecule is CCOc1cccc(C(O)=C2C(=O)C(=O)N(Cc3cccnc3)C2c2cccnc2)c1. The predicted molar refractivity (Wildman–Crippen MR) is 114 cm³/mol. The molecule has 3 heterocycles. The molecule has 0 saturated carbocycles. The Morgan fingerprint density at radius 3 is 2.52 bits per heavy atom. The molecule has 0 aliphatic carbocycles. The van der Waals surface area contributed by atoms with Crippen LogP contribution in [0.5, 0.6) is 5.75 Å². The summed E-state index contributed by atoms with van der Waals surface area (Å²) >= 11 is 0. The van der Waals surface area contributed by atoms with Crippen LogP contribution in [0.15, 0.2) is 78.9 Å². The summed E-state index contributed by atoms with van der Waals surface area (Å²) in [6, 6.07) is 13.1. The lowest BCUT2D eigenvalue weighted by atomic mass is 9.96. The van der Waals surface area contributed by atoms with Crippen LogP contribution >= 0.6 is 0 Å². The van der Waals surface area contributed by atoms with E-state index >= 15 is 0 Å². The highest BCUT2D eigenvalue weighted by molar-refractivity contribution is 6.46. The van der Waals surface area contributed by atoms with Crippen molar-refractivity contribution in [3.63, 3.8) is 0 Å². The molecule has 1 atom stereocenters. The van der Waals surface area contributed by atoms with Crippen molar-refractivity contribution in [2.75, 3.05) is 6.61 Å². The van der Waals surface area contributed by atoms with Gasteiger partial charge in [0.15, 0.2) is 0 Å². The Balaban J connectivity index is 1.83. The maximum absolute atomic E-state index is 13.0. The Kier molecular flexibility index (Phi) is 5.75. The number of Topliss-reactive ketones (excluding diaryl/α,β-unsaturated/α-hetero) is 1. The van der Waals surface area contributed by atoms with Crippen molar-refractivity contribution in [1.29, 1.82) is 0 Å². The van der Waals surface area contributed by atoms with Crippen LogP contribution in [0.4, 0.5) is 0 Å². The summed E-state index contributed by atoms with van der Waals surface area (Å²) in [5, 5.41) is 11.1. The van der Waals surface area contributed by atoms with E-state index < -0.39 is 17.7 Å². The number of hydrogen-bond donors (Lipinski definition) is 1. The van der Waals surface area contributed by atoms with E-state index in [2.05, 4.69) is 9.97 Å². The number of rotatable bonds is 6. The van der Waals surface area contributed by atoms with Crippen molar-refractivity contribution in [2.24, 2.45) is 0 Å². The number of benzene rings is 1. The standard InChI is InChI=1S/C24H21N3O4/c1-2-31-19-9-3-7-17(12-19)22(28)20-21(18-8-5-11-26-14-18)27(24(30)23(20)29)15-16-6-4-10-25-13-16/h3-14,21,28H,2,15H2,1H3. The molecule has 2 aromatic heterocycles. The second kappa shape index (κ2) is 8.79. The van der Waals surface area contributed by atoms with Gasteiger partial charge in [-0.25, -0.2) is 0 Å². The molecule has 0 radical (unpaired) electrons. The number of aliphatic hydroxyl groups is 1. The van der Waals surface area contributed by atoms with Gasteiger partial charge in [0.25, 0.3) is 11.7 Å². The highest BCUT2D eigenvalue weighted by atomic mass is 16.5. The van der Waals surface area contributed by atoms with Crippen LogP contribution in [0.25, 0.3) is 5.76 Å². The Labute approximate surface area is 179 Å². The summed E-state index contributed by atoms with van der Waals surface area (Å²) < 4.78 is 5.51. The molecule has 7 nitrogen and oxygen atoms in total. The van der Waals surface area contributed by atoms with Crippen LogP contribution in [0, 0.1) is 0 Å². The summed E-state index contributed by atoms with van der Waals surface area (Å²) in [7, 11) is 0. The fourth-order valence-electron chi connectivity index (χ4n) is 3.67. The molecule has 1 aliphatic rings. The van der Waals surface area contributed by atoms with Gasteiger partial charge in [-0.2, -0.15) is 0 Å². The molecule has 31 heavy (non-hydrogen) atoms. The molecule has 1 aromatic carbocycles. The van der Waals surface area contributed by atoms with E-state index in [0.717, 1.165) is 5.56 Å². The van der Waals surface area contributed by atoms with Crippen molar-refractivity contribution >= 4 is 17.4 Å². The van der Waals surface area contributed by atoms with E-state index in [0.29, 0.717) is 23.5 Å². The minimum atomic E-state index is -0.773. The lowest BCUT2D eigenvalue weighted by Crippen LogP contribution is -2.29. The first kappa shape index (κ1) is 20.3. The molecule has 1 aliphatic heterocycles. The number of ether oxygens (including phenoxy) is 1. The number of carbonyl (C=O) groups is 2. The minimum Gasteiger partial charge on any atom is -0.507 e. The monoisotopic (exact) mass is 415 g/mol. The molecule has 0 bridgehead atoms. The van der Waals surface area contributed by atoms with Gasteiger partial charge in [-0.3, -0.25) is 19.6 Å². The first-order valence-electron chi connectivity index (χ1n) is 9.90. The largest absolute Gasteiger partial charge is 0.507 e. The number of nitrogens with zero attached hydrogens (tertiary/aromatic N) is 3. The van der Waals surface area contributed by atoms with Gasteiger partial charge in [0, 0.05) is 36.9 Å². The number of pyridine rings is 2. The van der Waals surface area contributed by atoms with E-state index in [4.69, 9.17) is 4.74 Å². The first-order chi connectivity index (χ1) is 15.1. The van der Waals surface area contributed by atoms with Crippen LogP contribution in [0.3, 0.4) is 0 Å². The zero-order chi connectivity index (χ0) is 21.8. The van der Waals surface area contributed by atoms with E-state index in [9.17, 15) is 14.7 Å². The number of hydrogen-bond acceptors (Lipinski definition) is 6. The highest BCUT2D eigenvalue weighted by Crippen LogP contribution is 2.40. The quantitative estimate of drug-likeness (QED) is 0.376. The Bertz CT molecular complexity index is 1130. The highest BCUT2D eigenvalue weighted by Gasteiger charge is 2.46. The van der Waals surface area contributed by atoms with Crippen LogP contribution in [0.1, 0.15) is 29.7 Å². The number of ketones is 1. The first-order valence-corrected chi connectivity index (χ1v) is 9.90. The third-order valence-electron chi connectivity index (χ3n) is 5.03. The number of likely N-dealkylation sites (tertiary alicyclic amines) is 1. The molecule has 1 unspecified atom stereocenters. The topological polar surface area (TPSA) is 92.6 Å². The van der Waals surface area contributed by atoms with Gasteiger partial charge in [-0.15, -0.1) is 0 Å². The zero-order valence-electron chi connectivity index (χ0n) is 16.9. The molecule has 1 N–H and O–H groups in total. The maximum atomic E-state index is 13.0. The Morgan fingerprint density at radius 1 is 1.06 bits per heavy atom. The van der Waals surface area contributed by atoms with Crippen molar-refractivity contribution in [3.05, 3.63) is 95.6 Å². The average molecular weight is 415 g/mol. The molecule has 1 fully saturated rings. The normalized spacial score (nSPS) is 17.7. The Morgan fingerprint density at radius 2 is 1.84 bits per heavy atom. The molecule has 0 spiro atoms. The third-order valence-corrected chi connectivity index (χ3v) is 5.03. The van der Waals surface area contributed by atoms with E-state index in [1.807, 2.05) is 13.0 Å². The fraction of sp³-hybridized carbons (Fsp3) is 0.167. The van der Waals surface area contributed by atoms with Crippen molar-refractivity contribution in [1.82, 2.24) is 14.9 Å².